The summed E-state index contributed by atoms with van der Waals surface area (Å²) in [5.74, 6) is 0.585. The first-order chi connectivity index (χ1) is 5.57. The van der Waals surface area contributed by atoms with Gasteiger partial charge in [0.05, 0.1) is 6.10 Å². The van der Waals surface area contributed by atoms with Gasteiger partial charge in [0, 0.05) is 12.6 Å². The van der Waals surface area contributed by atoms with Crippen LogP contribution in [0.2, 0.25) is 0 Å². The van der Waals surface area contributed by atoms with Gasteiger partial charge in [0.1, 0.15) is 0 Å². The van der Waals surface area contributed by atoms with Crippen molar-refractivity contribution in [3.63, 3.8) is 0 Å². The molecule has 0 fully saturated rings. The van der Waals surface area contributed by atoms with Crippen molar-refractivity contribution in [2.45, 2.75) is 39.3 Å². The van der Waals surface area contributed by atoms with Crippen molar-refractivity contribution in [3.05, 3.63) is 12.7 Å². The van der Waals surface area contributed by atoms with Gasteiger partial charge in [-0.05, 0) is 19.3 Å². The topological polar surface area (TPSA) is 32.3 Å². The summed E-state index contributed by atoms with van der Waals surface area (Å²) >= 11 is 0. The van der Waals surface area contributed by atoms with Crippen molar-refractivity contribution in [3.8, 4) is 0 Å². The number of hydrogen-bond acceptors (Lipinski definition) is 2. The minimum atomic E-state index is -0.268. The minimum absolute atomic E-state index is 0.268. The van der Waals surface area contributed by atoms with E-state index in [0.29, 0.717) is 18.5 Å². The standard InChI is InChI=1S/C10H21NO/c1-5-6-10(8(2)3)11-7-9(4)12/h5,8-12H,1,6-7H2,2-4H3/t9-,10-/m1/s1. The van der Waals surface area contributed by atoms with Gasteiger partial charge in [-0.1, -0.05) is 19.9 Å². The maximum absolute atomic E-state index is 9.06. The van der Waals surface area contributed by atoms with Crippen molar-refractivity contribution >= 4 is 0 Å². The van der Waals surface area contributed by atoms with E-state index in [-0.39, 0.29) is 6.10 Å². The Kier molecular flexibility index (Phi) is 6.03. The van der Waals surface area contributed by atoms with Crippen molar-refractivity contribution in [1.29, 1.82) is 0 Å². The lowest BCUT2D eigenvalue weighted by Gasteiger charge is -2.21. The van der Waals surface area contributed by atoms with Crippen LogP contribution < -0.4 is 5.32 Å². The second kappa shape index (κ2) is 6.21. The molecule has 2 atom stereocenters. The largest absolute Gasteiger partial charge is 0.392 e. The first kappa shape index (κ1) is 11.7. The van der Waals surface area contributed by atoms with Crippen LogP contribution in [0, 0.1) is 5.92 Å². The third-order valence-electron chi connectivity index (χ3n) is 1.90. The third-order valence-corrected chi connectivity index (χ3v) is 1.90. The second-order valence-electron chi connectivity index (χ2n) is 3.63. The van der Waals surface area contributed by atoms with E-state index in [2.05, 4.69) is 25.7 Å². The summed E-state index contributed by atoms with van der Waals surface area (Å²) in [6.45, 7) is 10.5. The van der Waals surface area contributed by atoms with Gasteiger partial charge in [0.15, 0.2) is 0 Å². The number of rotatable bonds is 6. The molecule has 0 bridgehead atoms. The van der Waals surface area contributed by atoms with E-state index < -0.39 is 0 Å². The molecule has 0 heterocycles. The molecule has 0 aliphatic carbocycles. The Balaban J connectivity index is 3.70. The van der Waals surface area contributed by atoms with Crippen molar-refractivity contribution in [2.24, 2.45) is 5.92 Å². The van der Waals surface area contributed by atoms with Crippen molar-refractivity contribution < 1.29 is 5.11 Å². The van der Waals surface area contributed by atoms with Crippen LogP contribution in [0.4, 0.5) is 0 Å². The molecule has 2 heteroatoms. The average molecular weight is 171 g/mol. The number of nitrogens with one attached hydrogen (secondary N) is 1. The van der Waals surface area contributed by atoms with E-state index in [4.69, 9.17) is 5.11 Å². The first-order valence-corrected chi connectivity index (χ1v) is 4.60. The highest BCUT2D eigenvalue weighted by Crippen LogP contribution is 2.05. The van der Waals surface area contributed by atoms with E-state index in [9.17, 15) is 0 Å². The fraction of sp³-hybridized carbons (Fsp3) is 0.800. The van der Waals surface area contributed by atoms with Crippen LogP contribution in [-0.4, -0.2) is 23.8 Å². The average Bonchev–Trinajstić information content (AvgIpc) is 1.96. The van der Waals surface area contributed by atoms with E-state index in [0.717, 1.165) is 6.42 Å². The monoisotopic (exact) mass is 171 g/mol. The highest BCUT2D eigenvalue weighted by Gasteiger charge is 2.10. The molecule has 2 N–H and O–H groups in total. The lowest BCUT2D eigenvalue weighted by molar-refractivity contribution is 0.181. The molecule has 0 aromatic carbocycles. The Hall–Kier alpha value is -0.340. The first-order valence-electron chi connectivity index (χ1n) is 4.60. The summed E-state index contributed by atoms with van der Waals surface area (Å²) in [5, 5.41) is 12.4. The molecule has 0 aliphatic rings. The Morgan fingerprint density at radius 1 is 1.42 bits per heavy atom. The van der Waals surface area contributed by atoms with Gasteiger partial charge in [0.25, 0.3) is 0 Å². The Bertz CT molecular complexity index is 121. The summed E-state index contributed by atoms with van der Waals surface area (Å²) in [7, 11) is 0. The third kappa shape index (κ3) is 5.33. The lowest BCUT2D eigenvalue weighted by Crippen LogP contribution is -2.37. The molecule has 12 heavy (non-hydrogen) atoms. The molecule has 0 radical (unpaired) electrons. The predicted octanol–water partition coefficient (Wildman–Crippen LogP) is 1.56. The zero-order valence-electron chi connectivity index (χ0n) is 8.38. The van der Waals surface area contributed by atoms with Gasteiger partial charge in [-0.3, -0.25) is 0 Å². The van der Waals surface area contributed by atoms with Gasteiger partial charge >= 0.3 is 0 Å². The van der Waals surface area contributed by atoms with Gasteiger partial charge in [-0.25, -0.2) is 0 Å². The van der Waals surface area contributed by atoms with E-state index >= 15 is 0 Å². The smallest absolute Gasteiger partial charge is 0.0636 e. The quantitative estimate of drug-likeness (QED) is 0.594. The van der Waals surface area contributed by atoms with Crippen LogP contribution in [-0.2, 0) is 0 Å². The van der Waals surface area contributed by atoms with Crippen LogP contribution in [0.3, 0.4) is 0 Å². The summed E-state index contributed by atoms with van der Waals surface area (Å²) in [5.41, 5.74) is 0. The van der Waals surface area contributed by atoms with Crippen molar-refractivity contribution in [1.82, 2.24) is 5.32 Å². The number of hydrogen-bond donors (Lipinski definition) is 2. The normalized spacial score (nSPS) is 16.1. The minimum Gasteiger partial charge on any atom is -0.392 e. The molecule has 0 aromatic heterocycles. The number of aliphatic hydroxyl groups excluding tert-OH is 1. The summed E-state index contributed by atoms with van der Waals surface area (Å²) in [6.07, 6.45) is 2.61. The molecule has 0 unspecified atom stereocenters. The number of aliphatic hydroxyl groups is 1. The van der Waals surface area contributed by atoms with Crippen LogP contribution >= 0.6 is 0 Å². The molecule has 0 aliphatic heterocycles. The maximum atomic E-state index is 9.06. The highest BCUT2D eigenvalue weighted by molar-refractivity contribution is 4.80. The zero-order valence-corrected chi connectivity index (χ0v) is 8.38. The molecule has 0 saturated carbocycles. The Labute approximate surface area is 75.7 Å². The molecule has 72 valence electrons. The van der Waals surface area contributed by atoms with E-state index in [1.807, 2.05) is 6.08 Å². The van der Waals surface area contributed by atoms with Crippen LogP contribution in [0.15, 0.2) is 12.7 Å². The predicted molar refractivity (Wildman–Crippen MR) is 53.1 cm³/mol. The van der Waals surface area contributed by atoms with E-state index in [1.54, 1.807) is 6.92 Å². The van der Waals surface area contributed by atoms with Gasteiger partial charge in [0.2, 0.25) is 0 Å². The van der Waals surface area contributed by atoms with Gasteiger partial charge in [-0.2, -0.15) is 0 Å². The SMILES string of the molecule is C=CC[C@@H](NC[C@@H](C)O)C(C)C. The molecular weight excluding hydrogens is 150 g/mol. The maximum Gasteiger partial charge on any atom is 0.0636 e. The second-order valence-corrected chi connectivity index (χ2v) is 3.63. The zero-order chi connectivity index (χ0) is 9.56. The molecule has 0 aromatic rings. The Morgan fingerprint density at radius 3 is 2.33 bits per heavy atom. The highest BCUT2D eigenvalue weighted by atomic mass is 16.3. The van der Waals surface area contributed by atoms with Crippen LogP contribution in [0.1, 0.15) is 27.2 Å². The fourth-order valence-electron chi connectivity index (χ4n) is 1.09. The summed E-state index contributed by atoms with van der Waals surface area (Å²) < 4.78 is 0. The molecule has 2 nitrogen and oxygen atoms in total. The summed E-state index contributed by atoms with van der Waals surface area (Å²) in [4.78, 5) is 0. The van der Waals surface area contributed by atoms with Crippen molar-refractivity contribution in [2.75, 3.05) is 6.54 Å². The fourth-order valence-corrected chi connectivity index (χ4v) is 1.09. The molecular formula is C10H21NO. The summed E-state index contributed by atoms with van der Waals surface area (Å²) in [6, 6.07) is 0.442. The van der Waals surface area contributed by atoms with Crippen LogP contribution in [0.25, 0.3) is 0 Å². The van der Waals surface area contributed by atoms with Crippen LogP contribution in [0.5, 0.6) is 0 Å². The molecule has 0 saturated heterocycles. The van der Waals surface area contributed by atoms with Gasteiger partial charge in [-0.15, -0.1) is 6.58 Å². The Morgan fingerprint density at radius 2 is 2.00 bits per heavy atom. The lowest BCUT2D eigenvalue weighted by atomic mass is 10.0. The van der Waals surface area contributed by atoms with Gasteiger partial charge < -0.3 is 10.4 Å². The van der Waals surface area contributed by atoms with E-state index in [1.165, 1.54) is 0 Å². The molecule has 0 rings (SSSR count). The molecule has 0 spiro atoms. The molecule has 0 amide bonds.